The Kier molecular flexibility index (Phi) is 8.27. The van der Waals surface area contributed by atoms with Gasteiger partial charge in [-0.3, -0.25) is 4.90 Å². The zero-order valence-corrected chi connectivity index (χ0v) is 21.8. The van der Waals surface area contributed by atoms with Crippen LogP contribution in [0.5, 0.6) is 0 Å². The lowest BCUT2D eigenvalue weighted by Gasteiger charge is -2.47. The van der Waals surface area contributed by atoms with Gasteiger partial charge in [-0.25, -0.2) is 14.4 Å². The van der Waals surface area contributed by atoms with Gasteiger partial charge in [0.05, 0.1) is 6.54 Å². The minimum atomic E-state index is -1.70. The van der Waals surface area contributed by atoms with E-state index in [0.717, 1.165) is 5.56 Å². The van der Waals surface area contributed by atoms with Gasteiger partial charge in [0.2, 0.25) is 0 Å². The van der Waals surface area contributed by atoms with Gasteiger partial charge in [-0.1, -0.05) is 71.9 Å². The number of aliphatic carboxylic acids is 1. The first-order chi connectivity index (χ1) is 15.6. The molecule has 8 nitrogen and oxygen atoms in total. The predicted molar refractivity (Wildman–Crippen MR) is 130 cm³/mol. The molecule has 0 radical (unpaired) electrons. The monoisotopic (exact) mass is 476 g/mol. The first-order valence-electron chi connectivity index (χ1n) is 11.8. The highest BCUT2D eigenvalue weighted by Gasteiger charge is 2.53. The van der Waals surface area contributed by atoms with Crippen LogP contribution in [0.25, 0.3) is 0 Å². The summed E-state index contributed by atoms with van der Waals surface area (Å²) in [6.07, 6.45) is -2.06. The van der Waals surface area contributed by atoms with Crippen LogP contribution in [-0.2, 0) is 20.7 Å². The van der Waals surface area contributed by atoms with Gasteiger partial charge in [-0.05, 0) is 30.2 Å². The van der Waals surface area contributed by atoms with E-state index in [4.69, 9.17) is 9.47 Å². The summed E-state index contributed by atoms with van der Waals surface area (Å²) in [5, 5.41) is 10.4. The summed E-state index contributed by atoms with van der Waals surface area (Å²) in [6, 6.07) is 9.09. The van der Waals surface area contributed by atoms with E-state index >= 15 is 0 Å². The number of hydrogen-bond donors (Lipinski definition) is 1. The van der Waals surface area contributed by atoms with Crippen LogP contribution in [0.2, 0.25) is 0 Å². The zero-order valence-electron chi connectivity index (χ0n) is 21.8. The van der Waals surface area contributed by atoms with Crippen molar-refractivity contribution in [2.24, 2.45) is 10.8 Å². The van der Waals surface area contributed by atoms with Crippen LogP contribution < -0.4 is 0 Å². The molecule has 3 atom stereocenters. The van der Waals surface area contributed by atoms with Crippen LogP contribution in [-0.4, -0.2) is 70.4 Å². The molecule has 34 heavy (non-hydrogen) atoms. The number of benzene rings is 1. The molecule has 0 aromatic heterocycles. The average Bonchev–Trinajstić information content (AvgIpc) is 2.72. The molecule has 0 bridgehead atoms. The first kappa shape index (κ1) is 27.5. The number of ether oxygens (including phenoxy) is 2. The third kappa shape index (κ3) is 6.42. The van der Waals surface area contributed by atoms with Crippen molar-refractivity contribution in [3.8, 4) is 0 Å². The van der Waals surface area contributed by atoms with Gasteiger partial charge in [0, 0.05) is 19.5 Å². The Balaban J connectivity index is 2.40. The number of amides is 2. The van der Waals surface area contributed by atoms with Crippen molar-refractivity contribution in [3.63, 3.8) is 0 Å². The number of hydrogen-bond acceptors (Lipinski definition) is 5. The van der Waals surface area contributed by atoms with E-state index in [0.29, 0.717) is 0 Å². The van der Waals surface area contributed by atoms with E-state index in [1.165, 1.54) is 9.80 Å². The van der Waals surface area contributed by atoms with Crippen LogP contribution in [0, 0.1) is 10.8 Å². The molecule has 3 unspecified atom stereocenters. The van der Waals surface area contributed by atoms with Gasteiger partial charge in [0.25, 0.3) is 0 Å². The van der Waals surface area contributed by atoms with Crippen molar-refractivity contribution >= 4 is 18.2 Å². The molecule has 1 N–H and O–H groups in total. The van der Waals surface area contributed by atoms with Gasteiger partial charge in [-0.2, -0.15) is 0 Å². The molecule has 0 saturated carbocycles. The molecule has 1 aliphatic rings. The van der Waals surface area contributed by atoms with E-state index in [2.05, 4.69) is 0 Å². The molecule has 8 heteroatoms. The van der Waals surface area contributed by atoms with Gasteiger partial charge in [0.15, 0.2) is 5.54 Å². The Hall–Kier alpha value is -2.77. The smallest absolute Gasteiger partial charge is 0.411 e. The molecule has 2 amide bonds. The Morgan fingerprint density at radius 2 is 1.41 bits per heavy atom. The van der Waals surface area contributed by atoms with Gasteiger partial charge >= 0.3 is 18.2 Å². The van der Waals surface area contributed by atoms with Crippen LogP contribution in [0.15, 0.2) is 30.3 Å². The van der Waals surface area contributed by atoms with Gasteiger partial charge in [-0.15, -0.1) is 0 Å². The highest BCUT2D eigenvalue weighted by atomic mass is 16.6. The predicted octanol–water partition coefficient (Wildman–Crippen LogP) is 4.81. The number of nitrogens with zero attached hydrogens (tertiary/aromatic N) is 2. The molecule has 0 spiro atoms. The van der Waals surface area contributed by atoms with E-state index in [1.54, 1.807) is 6.92 Å². The van der Waals surface area contributed by atoms with Crippen molar-refractivity contribution in [2.45, 2.75) is 79.6 Å². The third-order valence-corrected chi connectivity index (χ3v) is 6.77. The fourth-order valence-electron chi connectivity index (χ4n) is 3.47. The molecule has 1 aliphatic heterocycles. The molecule has 190 valence electrons. The lowest BCUT2D eigenvalue weighted by Crippen LogP contribution is -2.69. The quantitative estimate of drug-likeness (QED) is 0.655. The standard InChI is InChI=1S/C26H40N2O6/c1-18(24(3,4)5)33-22(31)27-14-15-28(23(32)34-19(2)25(6,7)8)26(17-27,21(29)30)16-20-12-10-9-11-13-20/h9-13,18-19H,14-17H2,1-8H3,(H,29,30). The summed E-state index contributed by atoms with van der Waals surface area (Å²) >= 11 is 0. The maximum absolute atomic E-state index is 13.3. The lowest BCUT2D eigenvalue weighted by atomic mass is 9.86. The molecule has 1 saturated heterocycles. The summed E-state index contributed by atoms with van der Waals surface area (Å²) in [5.41, 5.74) is -1.53. The molecule has 1 fully saturated rings. The minimum Gasteiger partial charge on any atom is -0.479 e. The van der Waals surface area contributed by atoms with Crippen molar-refractivity contribution in [1.29, 1.82) is 0 Å². The lowest BCUT2D eigenvalue weighted by molar-refractivity contribution is -0.155. The maximum atomic E-state index is 13.3. The van der Waals surface area contributed by atoms with Crippen molar-refractivity contribution in [1.82, 2.24) is 9.80 Å². The average molecular weight is 477 g/mol. The SMILES string of the molecule is CC(OC(=O)N1CCN(C(=O)OC(C)C(C)(C)C)C(Cc2ccccc2)(C(=O)O)C1)C(C)(C)C. The molecule has 0 aliphatic carbocycles. The Morgan fingerprint density at radius 1 is 0.912 bits per heavy atom. The summed E-state index contributed by atoms with van der Waals surface area (Å²) in [6.45, 7) is 15.3. The second-order valence-electron chi connectivity index (χ2n) is 11.4. The Morgan fingerprint density at radius 3 is 1.88 bits per heavy atom. The summed E-state index contributed by atoms with van der Waals surface area (Å²) in [5.74, 6) is -1.20. The summed E-state index contributed by atoms with van der Waals surface area (Å²) in [7, 11) is 0. The van der Waals surface area contributed by atoms with Crippen molar-refractivity contribution in [3.05, 3.63) is 35.9 Å². The van der Waals surface area contributed by atoms with Crippen LogP contribution in [0.1, 0.15) is 61.0 Å². The van der Waals surface area contributed by atoms with Crippen molar-refractivity contribution < 1.29 is 29.0 Å². The number of carbonyl (C=O) groups excluding carboxylic acids is 2. The number of carboxylic acids is 1. The van der Waals surface area contributed by atoms with Gasteiger partial charge in [0.1, 0.15) is 12.2 Å². The molecule has 2 rings (SSSR count). The van der Waals surface area contributed by atoms with Crippen LogP contribution in [0.4, 0.5) is 9.59 Å². The van der Waals surface area contributed by atoms with E-state index < -0.39 is 29.8 Å². The molecular weight excluding hydrogens is 436 g/mol. The molecular formula is C26H40N2O6. The normalized spacial score (nSPS) is 20.9. The summed E-state index contributed by atoms with van der Waals surface area (Å²) in [4.78, 5) is 41.7. The summed E-state index contributed by atoms with van der Waals surface area (Å²) < 4.78 is 11.3. The fourth-order valence-corrected chi connectivity index (χ4v) is 3.47. The second kappa shape index (κ2) is 10.2. The van der Waals surface area contributed by atoms with E-state index in [1.807, 2.05) is 78.8 Å². The highest BCUT2D eigenvalue weighted by molar-refractivity contribution is 5.86. The Labute approximate surface area is 203 Å². The molecule has 1 aromatic rings. The largest absolute Gasteiger partial charge is 0.479 e. The topological polar surface area (TPSA) is 96.4 Å². The molecule has 1 heterocycles. The highest BCUT2D eigenvalue weighted by Crippen LogP contribution is 2.31. The number of carbonyl (C=O) groups is 3. The van der Waals surface area contributed by atoms with E-state index in [9.17, 15) is 19.5 Å². The maximum Gasteiger partial charge on any atom is 0.411 e. The minimum absolute atomic E-state index is 0.0217. The zero-order chi connectivity index (χ0) is 25.9. The van der Waals surface area contributed by atoms with Crippen molar-refractivity contribution in [2.75, 3.05) is 19.6 Å². The van der Waals surface area contributed by atoms with Crippen LogP contribution in [0.3, 0.4) is 0 Å². The fraction of sp³-hybridized carbons (Fsp3) is 0.654. The van der Waals surface area contributed by atoms with Gasteiger partial charge < -0.3 is 19.5 Å². The number of carboxylic acid groups (broad SMARTS) is 1. The Bertz CT molecular complexity index is 874. The van der Waals surface area contributed by atoms with Crippen LogP contribution >= 0.6 is 0 Å². The number of piperazine rings is 1. The second-order valence-corrected chi connectivity index (χ2v) is 11.4. The third-order valence-electron chi connectivity index (χ3n) is 6.77. The first-order valence-corrected chi connectivity index (χ1v) is 11.8. The van der Waals surface area contributed by atoms with E-state index in [-0.39, 0.29) is 43.0 Å². The number of rotatable bonds is 5. The molecule has 1 aromatic carbocycles.